The number of likely N-dealkylation sites (tertiary alicyclic amines) is 1. The predicted octanol–water partition coefficient (Wildman–Crippen LogP) is 3.08. The number of ether oxygens (including phenoxy) is 2. The van der Waals surface area contributed by atoms with E-state index < -0.39 is 0 Å². The molecular formula is C16H31NO2. The lowest BCUT2D eigenvalue weighted by Gasteiger charge is -2.38. The maximum atomic E-state index is 6.03. The molecule has 1 saturated carbocycles. The van der Waals surface area contributed by atoms with Crippen molar-refractivity contribution < 1.29 is 9.47 Å². The molecule has 19 heavy (non-hydrogen) atoms. The van der Waals surface area contributed by atoms with E-state index in [9.17, 15) is 0 Å². The Kier molecular flexibility index (Phi) is 5.67. The van der Waals surface area contributed by atoms with Crippen molar-refractivity contribution in [2.45, 2.75) is 77.7 Å². The molecule has 3 heteroatoms. The van der Waals surface area contributed by atoms with Gasteiger partial charge in [0, 0.05) is 12.6 Å². The van der Waals surface area contributed by atoms with Gasteiger partial charge in [0.25, 0.3) is 0 Å². The van der Waals surface area contributed by atoms with Crippen molar-refractivity contribution in [1.29, 1.82) is 0 Å². The van der Waals surface area contributed by atoms with Crippen LogP contribution in [0, 0.1) is 5.92 Å². The van der Waals surface area contributed by atoms with Crippen LogP contribution in [-0.4, -0.2) is 49.0 Å². The number of nitrogens with zero attached hydrogens (tertiary/aromatic N) is 1. The standard InChI is InChI=1S/C16H31NO2/c1-12(2)17-7-5-14(6-8-17)11-18-15-9-16(10-15)19-13(3)4/h12-16H,5-11H2,1-4H3/t15-,16-. The van der Waals surface area contributed by atoms with Crippen LogP contribution in [0.5, 0.6) is 0 Å². The van der Waals surface area contributed by atoms with Gasteiger partial charge in [0.15, 0.2) is 0 Å². The minimum absolute atomic E-state index is 0.353. The second kappa shape index (κ2) is 7.05. The summed E-state index contributed by atoms with van der Waals surface area (Å²) in [7, 11) is 0. The van der Waals surface area contributed by atoms with Gasteiger partial charge in [-0.15, -0.1) is 0 Å². The van der Waals surface area contributed by atoms with Crippen molar-refractivity contribution in [3.8, 4) is 0 Å². The Morgan fingerprint density at radius 2 is 1.63 bits per heavy atom. The molecule has 0 amide bonds. The van der Waals surface area contributed by atoms with Crippen LogP contribution < -0.4 is 0 Å². The van der Waals surface area contributed by atoms with Crippen LogP contribution in [0.1, 0.15) is 53.4 Å². The first-order chi connectivity index (χ1) is 9.04. The van der Waals surface area contributed by atoms with Gasteiger partial charge in [-0.1, -0.05) is 0 Å². The highest BCUT2D eigenvalue weighted by Gasteiger charge is 2.32. The summed E-state index contributed by atoms with van der Waals surface area (Å²) in [4.78, 5) is 2.58. The Morgan fingerprint density at radius 1 is 1.00 bits per heavy atom. The molecule has 0 radical (unpaired) electrons. The van der Waals surface area contributed by atoms with Crippen LogP contribution in [0.4, 0.5) is 0 Å². The molecule has 112 valence electrons. The zero-order valence-electron chi connectivity index (χ0n) is 13.1. The SMILES string of the molecule is CC(C)O[C@H]1C[C@H](OCC2CCN(C(C)C)CC2)C1. The molecule has 0 N–H and O–H groups in total. The van der Waals surface area contributed by atoms with E-state index in [4.69, 9.17) is 9.47 Å². The molecule has 1 aliphatic carbocycles. The maximum absolute atomic E-state index is 6.03. The number of hydrogen-bond acceptors (Lipinski definition) is 3. The van der Waals surface area contributed by atoms with Crippen LogP contribution in [0.15, 0.2) is 0 Å². The fourth-order valence-corrected chi connectivity index (χ4v) is 3.06. The van der Waals surface area contributed by atoms with E-state index in [-0.39, 0.29) is 0 Å². The fraction of sp³-hybridized carbons (Fsp3) is 1.00. The van der Waals surface area contributed by atoms with E-state index in [1.165, 1.54) is 25.9 Å². The molecule has 1 aliphatic heterocycles. The molecule has 3 nitrogen and oxygen atoms in total. The van der Waals surface area contributed by atoms with Gasteiger partial charge in [-0.25, -0.2) is 0 Å². The van der Waals surface area contributed by atoms with Gasteiger partial charge in [0.2, 0.25) is 0 Å². The van der Waals surface area contributed by atoms with Crippen LogP contribution in [-0.2, 0) is 9.47 Å². The van der Waals surface area contributed by atoms with Crippen molar-refractivity contribution in [3.05, 3.63) is 0 Å². The van der Waals surface area contributed by atoms with Gasteiger partial charge in [-0.05, 0) is 72.4 Å². The Labute approximate surface area is 118 Å². The average molecular weight is 269 g/mol. The van der Waals surface area contributed by atoms with Crippen LogP contribution >= 0.6 is 0 Å². The van der Waals surface area contributed by atoms with Crippen molar-refractivity contribution in [2.75, 3.05) is 19.7 Å². The first-order valence-electron chi connectivity index (χ1n) is 8.05. The minimum Gasteiger partial charge on any atom is -0.378 e. The van der Waals surface area contributed by atoms with Gasteiger partial charge in [-0.3, -0.25) is 0 Å². The highest BCUT2D eigenvalue weighted by molar-refractivity contribution is 4.82. The summed E-state index contributed by atoms with van der Waals surface area (Å²) in [5, 5.41) is 0. The third-order valence-corrected chi connectivity index (χ3v) is 4.46. The van der Waals surface area contributed by atoms with Gasteiger partial charge >= 0.3 is 0 Å². The zero-order chi connectivity index (χ0) is 13.8. The van der Waals surface area contributed by atoms with E-state index in [2.05, 4.69) is 32.6 Å². The molecule has 0 bridgehead atoms. The van der Waals surface area contributed by atoms with E-state index in [0.717, 1.165) is 25.4 Å². The lowest BCUT2D eigenvalue weighted by Crippen LogP contribution is -2.42. The Bertz CT molecular complexity index is 253. The summed E-state index contributed by atoms with van der Waals surface area (Å²) in [5.74, 6) is 0.778. The van der Waals surface area contributed by atoms with E-state index >= 15 is 0 Å². The molecule has 1 saturated heterocycles. The first kappa shape index (κ1) is 15.3. The van der Waals surface area contributed by atoms with Crippen molar-refractivity contribution in [1.82, 2.24) is 4.90 Å². The van der Waals surface area contributed by atoms with Crippen molar-refractivity contribution in [3.63, 3.8) is 0 Å². The maximum Gasteiger partial charge on any atom is 0.0628 e. The summed E-state index contributed by atoms with van der Waals surface area (Å²) in [5.41, 5.74) is 0. The molecule has 2 aliphatic rings. The number of piperidine rings is 1. The zero-order valence-corrected chi connectivity index (χ0v) is 13.1. The third kappa shape index (κ3) is 4.73. The number of hydrogen-bond donors (Lipinski definition) is 0. The normalized spacial score (nSPS) is 30.0. The second-order valence-corrected chi connectivity index (χ2v) is 6.81. The van der Waals surface area contributed by atoms with Crippen LogP contribution in [0.2, 0.25) is 0 Å². The average Bonchev–Trinajstić information content (AvgIpc) is 2.32. The van der Waals surface area contributed by atoms with Crippen LogP contribution in [0.25, 0.3) is 0 Å². The Morgan fingerprint density at radius 3 is 2.16 bits per heavy atom. The molecule has 0 aromatic heterocycles. The summed E-state index contributed by atoms with van der Waals surface area (Å²) in [6.07, 6.45) is 6.07. The Balaban J connectivity index is 1.54. The molecule has 0 unspecified atom stereocenters. The van der Waals surface area contributed by atoms with E-state index in [1.54, 1.807) is 0 Å². The molecule has 0 aromatic carbocycles. The lowest BCUT2D eigenvalue weighted by atomic mass is 9.91. The molecule has 2 fully saturated rings. The van der Waals surface area contributed by atoms with Gasteiger partial charge in [0.1, 0.15) is 0 Å². The summed E-state index contributed by atoms with van der Waals surface area (Å²) >= 11 is 0. The van der Waals surface area contributed by atoms with Crippen molar-refractivity contribution >= 4 is 0 Å². The third-order valence-electron chi connectivity index (χ3n) is 4.46. The quantitative estimate of drug-likeness (QED) is 0.739. The molecule has 0 atom stereocenters. The Hall–Kier alpha value is -0.120. The highest BCUT2D eigenvalue weighted by atomic mass is 16.5. The number of rotatable bonds is 6. The largest absolute Gasteiger partial charge is 0.378 e. The van der Waals surface area contributed by atoms with Crippen molar-refractivity contribution in [2.24, 2.45) is 5.92 Å². The summed E-state index contributed by atoms with van der Waals surface area (Å²) in [6, 6.07) is 0.697. The molecule has 0 aromatic rings. The molecular weight excluding hydrogens is 238 g/mol. The van der Waals surface area contributed by atoms with Crippen LogP contribution in [0.3, 0.4) is 0 Å². The first-order valence-corrected chi connectivity index (χ1v) is 8.05. The van der Waals surface area contributed by atoms with Gasteiger partial charge < -0.3 is 14.4 Å². The van der Waals surface area contributed by atoms with E-state index in [0.29, 0.717) is 24.4 Å². The summed E-state index contributed by atoms with van der Waals surface area (Å²) in [6.45, 7) is 12.3. The summed E-state index contributed by atoms with van der Waals surface area (Å²) < 4.78 is 11.8. The topological polar surface area (TPSA) is 21.7 Å². The van der Waals surface area contributed by atoms with Gasteiger partial charge in [-0.2, -0.15) is 0 Å². The fourth-order valence-electron chi connectivity index (χ4n) is 3.06. The molecule has 2 rings (SSSR count). The monoisotopic (exact) mass is 269 g/mol. The smallest absolute Gasteiger partial charge is 0.0628 e. The van der Waals surface area contributed by atoms with Gasteiger partial charge in [0.05, 0.1) is 18.3 Å². The molecule has 1 heterocycles. The molecule has 0 spiro atoms. The van der Waals surface area contributed by atoms with E-state index in [1.807, 2.05) is 0 Å². The second-order valence-electron chi connectivity index (χ2n) is 6.81. The predicted molar refractivity (Wildman–Crippen MR) is 78.4 cm³/mol. The highest BCUT2D eigenvalue weighted by Crippen LogP contribution is 2.29. The lowest BCUT2D eigenvalue weighted by molar-refractivity contribution is -0.125. The minimum atomic E-state index is 0.353.